The summed E-state index contributed by atoms with van der Waals surface area (Å²) in [6.07, 6.45) is -16.3. The zero-order chi connectivity index (χ0) is 33.3. The fourth-order valence-corrected chi connectivity index (χ4v) is 4.49. The van der Waals surface area contributed by atoms with Crippen LogP contribution in [0.1, 0.15) is 48.5 Å². The van der Waals surface area contributed by atoms with Gasteiger partial charge in [0.15, 0.2) is 43.1 Å². The Morgan fingerprint density at radius 2 is 0.841 bits per heavy atom. The molecule has 2 heterocycles. The van der Waals surface area contributed by atoms with Gasteiger partial charge in [-0.25, -0.2) is 0 Å². The molecule has 0 amide bonds. The van der Waals surface area contributed by atoms with E-state index < -0.39 is 116 Å². The summed E-state index contributed by atoms with van der Waals surface area (Å²) in [5.74, 6) is -6.03. The lowest BCUT2D eigenvalue weighted by Gasteiger charge is -2.48. The molecule has 1 N–H and O–H groups in total. The first-order valence-corrected chi connectivity index (χ1v) is 13.3. The number of carbonyl (C=O) groups excluding carboxylic acids is 7. The Morgan fingerprint density at radius 1 is 0.477 bits per heavy atom. The summed E-state index contributed by atoms with van der Waals surface area (Å²) in [5, 5.41) is 10.6. The molecule has 2 fully saturated rings. The Bertz CT molecular complexity index is 1090. The summed E-state index contributed by atoms with van der Waals surface area (Å²) in [6, 6.07) is 0. The minimum Gasteiger partial charge on any atom is -0.463 e. The Kier molecular flexibility index (Phi) is 13.4. The number of ether oxygens (including phenoxy) is 10. The van der Waals surface area contributed by atoms with Gasteiger partial charge in [0.2, 0.25) is 0 Å². The molecule has 18 nitrogen and oxygen atoms in total. The molecule has 0 aliphatic carbocycles. The topological polar surface area (TPSA) is 232 Å². The lowest BCUT2D eigenvalue weighted by atomic mass is 9.96. The van der Waals surface area contributed by atoms with Crippen molar-refractivity contribution in [2.75, 3.05) is 13.2 Å². The van der Waals surface area contributed by atoms with E-state index in [-0.39, 0.29) is 0 Å². The summed E-state index contributed by atoms with van der Waals surface area (Å²) < 4.78 is 54.1. The van der Waals surface area contributed by atoms with Crippen molar-refractivity contribution in [1.82, 2.24) is 0 Å². The predicted octanol–water partition coefficient (Wildman–Crippen LogP) is -1.40. The summed E-state index contributed by atoms with van der Waals surface area (Å²) in [4.78, 5) is 83.5. The number of rotatable bonds is 11. The van der Waals surface area contributed by atoms with Crippen molar-refractivity contribution in [1.29, 1.82) is 0 Å². The molecule has 0 aromatic heterocycles. The van der Waals surface area contributed by atoms with Gasteiger partial charge in [-0.2, -0.15) is 0 Å². The zero-order valence-corrected chi connectivity index (χ0v) is 25.1. The largest absolute Gasteiger partial charge is 0.463 e. The Morgan fingerprint density at radius 3 is 1.27 bits per heavy atom. The Balaban J connectivity index is 2.66. The molecule has 2 rings (SSSR count). The van der Waals surface area contributed by atoms with Crippen LogP contribution in [0.25, 0.3) is 0 Å². The van der Waals surface area contributed by atoms with Crippen LogP contribution >= 0.6 is 0 Å². The molecule has 18 heteroatoms. The van der Waals surface area contributed by atoms with E-state index in [4.69, 9.17) is 47.4 Å². The molecule has 0 unspecified atom stereocenters. The van der Waals surface area contributed by atoms with Crippen LogP contribution in [-0.4, -0.2) is 122 Å². The van der Waals surface area contributed by atoms with Crippen molar-refractivity contribution < 1.29 is 86.0 Å². The standard InChI is InChI=1S/C26H36O18/c1-10(27)35-8-17-20(21(38-13(4)30)23(25(34)42-17)40-15(6)32)44-26-24(41-16(7)33)22(39-14(5)31)19(37-12(3)29)18(43-26)9-36-11(2)28/h17-26,34H,8-9H2,1-7H3/t17-,18-,19-,20-,21+,22+,23+,24-,25-,26+/m0/s1. The third kappa shape index (κ3) is 10.7. The monoisotopic (exact) mass is 636 g/mol. The van der Waals surface area contributed by atoms with Crippen LogP contribution in [-0.2, 0) is 80.9 Å². The number of esters is 7. The first kappa shape index (κ1) is 36.3. The van der Waals surface area contributed by atoms with Gasteiger partial charge in [0, 0.05) is 48.5 Å². The van der Waals surface area contributed by atoms with E-state index in [1.807, 2.05) is 0 Å². The van der Waals surface area contributed by atoms with Crippen molar-refractivity contribution in [3.63, 3.8) is 0 Å². The predicted molar refractivity (Wildman–Crippen MR) is 135 cm³/mol. The van der Waals surface area contributed by atoms with Gasteiger partial charge in [0.25, 0.3) is 0 Å². The number of carbonyl (C=O) groups is 7. The molecule has 10 atom stereocenters. The molecule has 0 aromatic carbocycles. The second-order valence-corrected chi connectivity index (χ2v) is 9.68. The van der Waals surface area contributed by atoms with Crippen molar-refractivity contribution in [2.45, 2.75) is 110 Å². The Labute approximate surface area is 251 Å². The quantitative estimate of drug-likeness (QED) is 0.203. The highest BCUT2D eigenvalue weighted by Crippen LogP contribution is 2.34. The van der Waals surface area contributed by atoms with Crippen LogP contribution < -0.4 is 0 Å². The molecule has 248 valence electrons. The Hall–Kier alpha value is -3.87. The van der Waals surface area contributed by atoms with Crippen molar-refractivity contribution in [3.8, 4) is 0 Å². The third-order valence-electron chi connectivity index (χ3n) is 5.90. The fraction of sp³-hybridized carbons (Fsp3) is 0.731. The van der Waals surface area contributed by atoms with Gasteiger partial charge in [0.05, 0.1) is 0 Å². The summed E-state index contributed by atoms with van der Waals surface area (Å²) in [6.45, 7) is 6.11. The molecule has 0 spiro atoms. The number of hydrogen-bond acceptors (Lipinski definition) is 18. The maximum Gasteiger partial charge on any atom is 0.303 e. The molecule has 0 bridgehead atoms. The molecule has 2 aliphatic heterocycles. The van der Waals surface area contributed by atoms with E-state index in [0.29, 0.717) is 0 Å². The second-order valence-electron chi connectivity index (χ2n) is 9.68. The van der Waals surface area contributed by atoms with Gasteiger partial charge < -0.3 is 52.5 Å². The van der Waals surface area contributed by atoms with Gasteiger partial charge in [-0.05, 0) is 0 Å². The summed E-state index contributed by atoms with van der Waals surface area (Å²) in [5.41, 5.74) is 0. The van der Waals surface area contributed by atoms with E-state index in [1.54, 1.807) is 0 Å². The third-order valence-corrected chi connectivity index (χ3v) is 5.90. The first-order chi connectivity index (χ1) is 20.5. The number of aliphatic hydroxyl groups excluding tert-OH is 1. The van der Waals surface area contributed by atoms with Crippen molar-refractivity contribution >= 4 is 41.8 Å². The van der Waals surface area contributed by atoms with Gasteiger partial charge >= 0.3 is 41.8 Å². The average Bonchev–Trinajstić information content (AvgIpc) is 2.87. The minimum absolute atomic E-state index is 0.572. The normalized spacial score (nSPS) is 31.5. The van der Waals surface area contributed by atoms with Crippen LogP contribution in [0.15, 0.2) is 0 Å². The van der Waals surface area contributed by atoms with E-state index in [2.05, 4.69) is 0 Å². The fourth-order valence-electron chi connectivity index (χ4n) is 4.49. The second kappa shape index (κ2) is 16.3. The van der Waals surface area contributed by atoms with Gasteiger partial charge in [-0.3, -0.25) is 33.6 Å². The summed E-state index contributed by atoms with van der Waals surface area (Å²) >= 11 is 0. The van der Waals surface area contributed by atoms with E-state index in [9.17, 15) is 38.7 Å². The highest BCUT2D eigenvalue weighted by Gasteiger charge is 2.57. The van der Waals surface area contributed by atoms with Crippen molar-refractivity contribution in [3.05, 3.63) is 0 Å². The molecule has 0 aromatic rings. The molecule has 2 aliphatic rings. The first-order valence-electron chi connectivity index (χ1n) is 13.3. The van der Waals surface area contributed by atoms with Crippen LogP contribution in [0.2, 0.25) is 0 Å². The van der Waals surface area contributed by atoms with Crippen LogP contribution in [0, 0.1) is 0 Å². The van der Waals surface area contributed by atoms with Crippen LogP contribution in [0.5, 0.6) is 0 Å². The van der Waals surface area contributed by atoms with Crippen LogP contribution in [0.3, 0.4) is 0 Å². The van der Waals surface area contributed by atoms with Gasteiger partial charge in [0.1, 0.15) is 31.5 Å². The SMILES string of the molecule is CC(=O)OC[C@@H]1O[C@H](O)[C@H](OC(C)=O)[C@H](OC(C)=O)[C@H]1O[C@H]1O[C@@H](COC(C)=O)[C@H](OC(C)=O)[C@@H](OC(C)=O)[C@@H]1OC(C)=O. The summed E-state index contributed by atoms with van der Waals surface area (Å²) in [7, 11) is 0. The number of hydrogen-bond donors (Lipinski definition) is 1. The molecule has 0 saturated carbocycles. The van der Waals surface area contributed by atoms with Crippen LogP contribution in [0.4, 0.5) is 0 Å². The van der Waals surface area contributed by atoms with Gasteiger partial charge in [-0.15, -0.1) is 0 Å². The lowest BCUT2D eigenvalue weighted by Crippen LogP contribution is -2.67. The minimum atomic E-state index is -1.90. The molecular formula is C26H36O18. The van der Waals surface area contributed by atoms with Gasteiger partial charge in [-0.1, -0.05) is 0 Å². The zero-order valence-electron chi connectivity index (χ0n) is 25.1. The van der Waals surface area contributed by atoms with E-state index >= 15 is 0 Å². The van der Waals surface area contributed by atoms with E-state index in [0.717, 1.165) is 48.5 Å². The lowest BCUT2D eigenvalue weighted by molar-refractivity contribution is -0.357. The maximum absolute atomic E-state index is 12.2. The average molecular weight is 637 g/mol. The van der Waals surface area contributed by atoms with Crippen molar-refractivity contribution in [2.24, 2.45) is 0 Å². The molecule has 44 heavy (non-hydrogen) atoms. The smallest absolute Gasteiger partial charge is 0.303 e. The van der Waals surface area contributed by atoms with E-state index in [1.165, 1.54) is 0 Å². The number of aliphatic hydroxyl groups is 1. The molecule has 2 saturated heterocycles. The molecular weight excluding hydrogens is 600 g/mol. The maximum atomic E-state index is 12.2. The highest BCUT2D eigenvalue weighted by atomic mass is 16.8. The highest BCUT2D eigenvalue weighted by molar-refractivity contribution is 5.69. The molecule has 0 radical (unpaired) electrons.